The van der Waals surface area contributed by atoms with E-state index in [1.807, 2.05) is 0 Å². The number of carbonyl (C=O) groups is 1. The monoisotopic (exact) mass is 429 g/mol. The maximum absolute atomic E-state index is 13.1. The Balaban J connectivity index is 1.77. The molecule has 3 rings (SSSR count). The van der Waals surface area contributed by atoms with E-state index in [1.165, 1.54) is 6.07 Å². The number of carbonyl (C=O) groups excluding carboxylic acids is 1. The standard InChI is InChI=1S/C20H20FN5O3S/c1-12-4-5-15(19(27)24-25-20-22-13(2)10-14(3)23-20)11-18(12)26-30(28,29)17-8-6-16(21)7-9-17/h4-11,26H,1-3H3,(H,24,27)(H,22,23,25). The molecule has 0 saturated carbocycles. The van der Waals surface area contributed by atoms with Crippen molar-refractivity contribution in [1.82, 2.24) is 15.4 Å². The minimum absolute atomic E-state index is 0.0909. The van der Waals surface area contributed by atoms with Crippen molar-refractivity contribution < 1.29 is 17.6 Å². The van der Waals surface area contributed by atoms with Crippen LogP contribution in [-0.2, 0) is 10.0 Å². The van der Waals surface area contributed by atoms with Gasteiger partial charge in [0.2, 0.25) is 5.95 Å². The number of benzene rings is 2. The molecule has 0 saturated heterocycles. The Morgan fingerprint density at radius 1 is 0.933 bits per heavy atom. The second-order valence-corrected chi connectivity index (χ2v) is 8.32. The highest BCUT2D eigenvalue weighted by atomic mass is 32.2. The normalized spacial score (nSPS) is 11.1. The van der Waals surface area contributed by atoms with E-state index in [0.717, 1.165) is 35.7 Å². The van der Waals surface area contributed by atoms with Gasteiger partial charge < -0.3 is 0 Å². The first-order valence-corrected chi connectivity index (χ1v) is 10.4. The van der Waals surface area contributed by atoms with Crippen LogP contribution in [-0.4, -0.2) is 24.3 Å². The number of nitrogens with zero attached hydrogens (tertiary/aromatic N) is 2. The van der Waals surface area contributed by atoms with E-state index in [4.69, 9.17) is 0 Å². The van der Waals surface area contributed by atoms with Crippen LogP contribution in [0, 0.1) is 26.6 Å². The van der Waals surface area contributed by atoms with E-state index in [0.29, 0.717) is 5.56 Å². The van der Waals surface area contributed by atoms with Gasteiger partial charge in [-0.15, -0.1) is 0 Å². The third-order valence-corrected chi connectivity index (χ3v) is 5.52. The van der Waals surface area contributed by atoms with Gasteiger partial charge in [-0.3, -0.25) is 20.4 Å². The van der Waals surface area contributed by atoms with Gasteiger partial charge >= 0.3 is 0 Å². The van der Waals surface area contributed by atoms with Crippen molar-refractivity contribution in [2.45, 2.75) is 25.7 Å². The van der Waals surface area contributed by atoms with Gasteiger partial charge in [0.1, 0.15) is 5.82 Å². The molecule has 10 heteroatoms. The van der Waals surface area contributed by atoms with Gasteiger partial charge in [-0.2, -0.15) is 0 Å². The van der Waals surface area contributed by atoms with E-state index in [2.05, 4.69) is 25.5 Å². The smallest absolute Gasteiger partial charge is 0.269 e. The van der Waals surface area contributed by atoms with Gasteiger partial charge in [0, 0.05) is 17.0 Å². The molecule has 156 valence electrons. The number of amides is 1. The molecule has 0 aliphatic rings. The number of nitrogens with one attached hydrogen (secondary N) is 3. The van der Waals surface area contributed by atoms with E-state index in [-0.39, 0.29) is 22.1 Å². The number of hydrogen-bond acceptors (Lipinski definition) is 6. The predicted molar refractivity (Wildman–Crippen MR) is 111 cm³/mol. The van der Waals surface area contributed by atoms with Crippen LogP contribution < -0.4 is 15.6 Å². The lowest BCUT2D eigenvalue weighted by molar-refractivity contribution is 0.0962. The van der Waals surface area contributed by atoms with Crippen LogP contribution in [0.2, 0.25) is 0 Å². The summed E-state index contributed by atoms with van der Waals surface area (Å²) in [6, 6.07) is 10.8. The van der Waals surface area contributed by atoms with Gasteiger partial charge in [0.05, 0.1) is 10.6 Å². The predicted octanol–water partition coefficient (Wildman–Crippen LogP) is 3.10. The third kappa shape index (κ3) is 5.09. The fraction of sp³-hybridized carbons (Fsp3) is 0.150. The molecular formula is C20H20FN5O3S. The molecule has 0 radical (unpaired) electrons. The number of hydrazine groups is 1. The first-order chi connectivity index (χ1) is 14.1. The molecule has 0 atom stereocenters. The highest BCUT2D eigenvalue weighted by molar-refractivity contribution is 7.92. The molecule has 0 unspecified atom stereocenters. The molecular weight excluding hydrogens is 409 g/mol. The van der Waals surface area contributed by atoms with Crippen LogP contribution in [0.25, 0.3) is 0 Å². The van der Waals surface area contributed by atoms with Gasteiger partial charge in [-0.1, -0.05) is 6.07 Å². The van der Waals surface area contributed by atoms with E-state index in [1.54, 1.807) is 39.0 Å². The van der Waals surface area contributed by atoms with E-state index in [9.17, 15) is 17.6 Å². The molecule has 30 heavy (non-hydrogen) atoms. The SMILES string of the molecule is Cc1cc(C)nc(NNC(=O)c2ccc(C)c(NS(=O)(=O)c3ccc(F)cc3)c2)n1. The van der Waals surface area contributed by atoms with E-state index < -0.39 is 21.7 Å². The zero-order valence-electron chi connectivity index (χ0n) is 16.5. The van der Waals surface area contributed by atoms with Gasteiger partial charge in [0.25, 0.3) is 15.9 Å². The Bertz CT molecular complexity index is 1180. The van der Waals surface area contributed by atoms with Gasteiger partial charge in [-0.25, -0.2) is 22.8 Å². The van der Waals surface area contributed by atoms with Crippen molar-refractivity contribution in [3.63, 3.8) is 0 Å². The molecule has 3 N–H and O–H groups in total. The quantitative estimate of drug-likeness (QED) is 0.519. The summed E-state index contributed by atoms with van der Waals surface area (Å²) < 4.78 is 40.6. The Morgan fingerprint density at radius 3 is 2.20 bits per heavy atom. The number of halogens is 1. The summed E-state index contributed by atoms with van der Waals surface area (Å²) >= 11 is 0. The number of aryl methyl sites for hydroxylation is 3. The van der Waals surface area contributed by atoms with Crippen molar-refractivity contribution in [2.24, 2.45) is 0 Å². The summed E-state index contributed by atoms with van der Waals surface area (Å²) in [5, 5.41) is 0. The van der Waals surface area contributed by atoms with Crippen molar-refractivity contribution in [3.05, 3.63) is 76.9 Å². The molecule has 0 aliphatic carbocycles. The van der Waals surface area contributed by atoms with Gasteiger partial charge in [-0.05, 0) is 68.8 Å². The molecule has 2 aromatic carbocycles. The van der Waals surface area contributed by atoms with Crippen molar-refractivity contribution in [3.8, 4) is 0 Å². The molecule has 0 aliphatic heterocycles. The topological polar surface area (TPSA) is 113 Å². The maximum Gasteiger partial charge on any atom is 0.269 e. The molecule has 1 aromatic heterocycles. The lowest BCUT2D eigenvalue weighted by Crippen LogP contribution is -2.30. The fourth-order valence-corrected chi connectivity index (χ4v) is 3.78. The highest BCUT2D eigenvalue weighted by Crippen LogP contribution is 2.21. The first-order valence-electron chi connectivity index (χ1n) is 8.92. The Hall–Kier alpha value is -3.53. The number of anilines is 2. The van der Waals surface area contributed by atoms with Crippen LogP contribution in [0.15, 0.2) is 53.4 Å². The number of sulfonamides is 1. The van der Waals surface area contributed by atoms with E-state index >= 15 is 0 Å². The zero-order chi connectivity index (χ0) is 21.9. The minimum Gasteiger partial charge on any atom is -0.279 e. The highest BCUT2D eigenvalue weighted by Gasteiger charge is 2.17. The lowest BCUT2D eigenvalue weighted by atomic mass is 10.1. The Labute approximate surface area is 173 Å². The fourth-order valence-electron chi connectivity index (χ4n) is 2.66. The van der Waals surface area contributed by atoms with Crippen molar-refractivity contribution in [2.75, 3.05) is 10.1 Å². The minimum atomic E-state index is -3.94. The van der Waals surface area contributed by atoms with Crippen molar-refractivity contribution in [1.29, 1.82) is 0 Å². The molecule has 1 heterocycles. The molecule has 1 amide bonds. The summed E-state index contributed by atoms with van der Waals surface area (Å²) in [7, 11) is -3.94. The van der Waals surface area contributed by atoms with Crippen LogP contribution >= 0.6 is 0 Å². The summed E-state index contributed by atoms with van der Waals surface area (Å²) in [5.41, 5.74) is 7.67. The molecule has 0 bridgehead atoms. The molecule has 3 aromatic rings. The molecule has 0 spiro atoms. The van der Waals surface area contributed by atoms with Crippen LogP contribution in [0.4, 0.5) is 16.0 Å². The number of aromatic nitrogens is 2. The third-order valence-electron chi connectivity index (χ3n) is 4.14. The van der Waals surface area contributed by atoms with Crippen molar-refractivity contribution >= 4 is 27.6 Å². The van der Waals surface area contributed by atoms with Crippen LogP contribution in [0.3, 0.4) is 0 Å². The Kier molecular flexibility index (Phi) is 5.97. The maximum atomic E-state index is 13.1. The molecule has 0 fully saturated rings. The van der Waals surface area contributed by atoms with Crippen LogP contribution in [0.1, 0.15) is 27.3 Å². The summed E-state index contributed by atoms with van der Waals surface area (Å²) in [6.45, 7) is 5.31. The van der Waals surface area contributed by atoms with Crippen LogP contribution in [0.5, 0.6) is 0 Å². The Morgan fingerprint density at radius 2 is 1.57 bits per heavy atom. The first kappa shape index (κ1) is 21.2. The number of hydrogen-bond donors (Lipinski definition) is 3. The second kappa shape index (κ2) is 8.46. The summed E-state index contributed by atoms with van der Waals surface area (Å²) in [6.07, 6.45) is 0. The molecule has 8 nitrogen and oxygen atoms in total. The largest absolute Gasteiger partial charge is 0.279 e. The zero-order valence-corrected chi connectivity index (χ0v) is 17.3. The number of rotatable bonds is 6. The lowest BCUT2D eigenvalue weighted by Gasteiger charge is -2.13. The average molecular weight is 429 g/mol. The summed E-state index contributed by atoms with van der Waals surface area (Å²) in [4.78, 5) is 20.7. The second-order valence-electron chi connectivity index (χ2n) is 6.64. The van der Waals surface area contributed by atoms with Gasteiger partial charge in [0.15, 0.2) is 0 Å². The summed E-state index contributed by atoms with van der Waals surface area (Å²) in [5.74, 6) is -0.797. The average Bonchev–Trinajstić information content (AvgIpc) is 2.67.